The summed E-state index contributed by atoms with van der Waals surface area (Å²) < 4.78 is 1.87. The number of hydrogen-bond donors (Lipinski definition) is 2. The number of hydrogen-bond acceptors (Lipinski definition) is 2. The van der Waals surface area contributed by atoms with Gasteiger partial charge in [0.1, 0.15) is 11.3 Å². The van der Waals surface area contributed by atoms with Gasteiger partial charge in [-0.3, -0.25) is 0 Å². The third kappa shape index (κ3) is 7.84. The molecule has 0 spiro atoms. The van der Waals surface area contributed by atoms with Gasteiger partial charge in [-0.15, -0.1) is 0 Å². The number of para-hydroxylation sites is 1. The second kappa shape index (κ2) is 8.16. The predicted molar refractivity (Wildman–Crippen MR) is 65.3 cm³/mol. The predicted octanol–water partition coefficient (Wildman–Crippen LogP) is 3.82. The quantitative estimate of drug-likeness (QED) is 0.882. The van der Waals surface area contributed by atoms with Crippen molar-refractivity contribution in [3.63, 3.8) is 0 Å². The van der Waals surface area contributed by atoms with Crippen molar-refractivity contribution in [2.45, 2.75) is 37.3 Å². The summed E-state index contributed by atoms with van der Waals surface area (Å²) in [4.78, 5) is 10.3. The molecule has 1 rings (SSSR count). The molecule has 0 radical (unpaired) electrons. The topological polar surface area (TPSA) is 57.5 Å². The molecular formula is C13H20CrO3. The van der Waals surface area contributed by atoms with Crippen molar-refractivity contribution in [1.29, 1.82) is 0 Å². The fourth-order valence-electron chi connectivity index (χ4n) is 1.20. The molecule has 0 amide bonds. The first-order valence-electron chi connectivity index (χ1n) is 5.51. The fraction of sp³-hybridized carbons (Fsp3) is 0.462. The van der Waals surface area contributed by atoms with Crippen molar-refractivity contribution in [1.82, 2.24) is 0 Å². The molecule has 96 valence electrons. The minimum atomic E-state index is -1.11. The first-order chi connectivity index (χ1) is 7.84. The van der Waals surface area contributed by atoms with Gasteiger partial charge >= 0.3 is 58.4 Å². The van der Waals surface area contributed by atoms with Gasteiger partial charge in [0, 0.05) is 0 Å². The SMILES string of the molecule is C[CH](C)[Cr][CH](C)C.O=C(O)c1ccccc1O. The third-order valence-corrected chi connectivity index (χ3v) is 3.38. The molecule has 0 aliphatic heterocycles. The monoisotopic (exact) mass is 276 g/mol. The van der Waals surface area contributed by atoms with Crippen LogP contribution in [0.3, 0.4) is 0 Å². The van der Waals surface area contributed by atoms with E-state index < -0.39 is 5.97 Å². The number of aromatic carboxylic acids is 1. The molecule has 17 heavy (non-hydrogen) atoms. The average Bonchev–Trinajstić information content (AvgIpc) is 2.16. The van der Waals surface area contributed by atoms with Gasteiger partial charge in [0.05, 0.1) is 0 Å². The van der Waals surface area contributed by atoms with Crippen LogP contribution in [0.25, 0.3) is 0 Å². The van der Waals surface area contributed by atoms with Crippen LogP contribution < -0.4 is 0 Å². The smallest absolute Gasteiger partial charge is 0.339 e. The summed E-state index contributed by atoms with van der Waals surface area (Å²) in [6, 6.07) is 5.81. The maximum absolute atomic E-state index is 10.3. The van der Waals surface area contributed by atoms with Gasteiger partial charge < -0.3 is 10.2 Å². The van der Waals surface area contributed by atoms with Crippen LogP contribution >= 0.6 is 0 Å². The van der Waals surface area contributed by atoms with Crippen molar-refractivity contribution in [3.05, 3.63) is 29.8 Å². The number of benzene rings is 1. The van der Waals surface area contributed by atoms with E-state index in [0.717, 1.165) is 24.8 Å². The molecule has 0 aromatic heterocycles. The average molecular weight is 276 g/mol. The van der Waals surface area contributed by atoms with Crippen LogP contribution in [-0.2, 0) is 15.2 Å². The number of phenols is 1. The third-order valence-electron chi connectivity index (χ3n) is 1.68. The van der Waals surface area contributed by atoms with Crippen LogP contribution in [0, 0.1) is 0 Å². The van der Waals surface area contributed by atoms with Gasteiger partial charge in [0.15, 0.2) is 0 Å². The first-order valence-corrected chi connectivity index (χ1v) is 6.98. The molecule has 4 heteroatoms. The Kier molecular flexibility index (Phi) is 7.69. The summed E-state index contributed by atoms with van der Waals surface area (Å²) >= 11 is 0.875. The summed E-state index contributed by atoms with van der Waals surface area (Å²) in [6.07, 6.45) is 0. The van der Waals surface area contributed by atoms with E-state index >= 15 is 0 Å². The van der Waals surface area contributed by atoms with Crippen LogP contribution in [0.4, 0.5) is 0 Å². The molecule has 0 saturated heterocycles. The van der Waals surface area contributed by atoms with E-state index in [-0.39, 0.29) is 11.3 Å². The number of rotatable bonds is 3. The molecule has 0 aliphatic carbocycles. The van der Waals surface area contributed by atoms with Gasteiger partial charge in [-0.25, -0.2) is 4.79 Å². The van der Waals surface area contributed by atoms with Gasteiger partial charge in [-0.05, 0) is 12.1 Å². The van der Waals surface area contributed by atoms with Crippen LogP contribution in [0.15, 0.2) is 24.3 Å². The van der Waals surface area contributed by atoms with Gasteiger partial charge in [-0.2, -0.15) is 0 Å². The van der Waals surface area contributed by atoms with Crippen molar-refractivity contribution < 1.29 is 30.2 Å². The molecule has 0 bridgehead atoms. The molecule has 0 heterocycles. The molecule has 0 unspecified atom stereocenters. The Morgan fingerprint density at radius 1 is 1.12 bits per heavy atom. The van der Waals surface area contributed by atoms with E-state index in [4.69, 9.17) is 10.2 Å². The van der Waals surface area contributed by atoms with E-state index in [1.807, 2.05) is 0 Å². The molecule has 3 nitrogen and oxygen atoms in total. The molecule has 0 saturated carbocycles. The van der Waals surface area contributed by atoms with Gasteiger partial charge in [-0.1, -0.05) is 12.1 Å². The summed E-state index contributed by atoms with van der Waals surface area (Å²) in [7, 11) is 0. The largest absolute Gasteiger partial charge is 0.507 e. The van der Waals surface area contributed by atoms with E-state index in [2.05, 4.69) is 27.7 Å². The Balaban J connectivity index is 0.000000325. The number of carboxylic acids is 1. The maximum Gasteiger partial charge on any atom is 0.339 e. The molecule has 2 N–H and O–H groups in total. The Bertz CT molecular complexity index is 342. The summed E-state index contributed by atoms with van der Waals surface area (Å²) in [5.74, 6) is -1.31. The minimum absolute atomic E-state index is 0.0671. The normalized spacial score (nSPS) is 10.0. The van der Waals surface area contributed by atoms with Gasteiger partial charge in [0.25, 0.3) is 0 Å². The van der Waals surface area contributed by atoms with E-state index in [1.165, 1.54) is 12.1 Å². The van der Waals surface area contributed by atoms with Crippen LogP contribution in [0.2, 0.25) is 9.56 Å². The Morgan fingerprint density at radius 2 is 1.59 bits per heavy atom. The van der Waals surface area contributed by atoms with Crippen molar-refractivity contribution in [2.24, 2.45) is 0 Å². The van der Waals surface area contributed by atoms with Crippen molar-refractivity contribution >= 4 is 5.97 Å². The second-order valence-electron chi connectivity index (χ2n) is 4.06. The minimum Gasteiger partial charge on any atom is -0.507 e. The summed E-state index contributed by atoms with van der Waals surface area (Å²) in [5.41, 5.74) is -0.0671. The number of carbonyl (C=O) groups is 1. The van der Waals surface area contributed by atoms with Crippen molar-refractivity contribution in [3.8, 4) is 5.75 Å². The zero-order valence-corrected chi connectivity index (χ0v) is 12.0. The fourth-order valence-corrected chi connectivity index (χ4v) is 2.90. The van der Waals surface area contributed by atoms with Gasteiger partial charge in [0.2, 0.25) is 0 Å². The molecule has 1 aromatic rings. The van der Waals surface area contributed by atoms with Crippen LogP contribution in [0.1, 0.15) is 38.1 Å². The molecule has 0 aliphatic rings. The number of aromatic hydroxyl groups is 1. The van der Waals surface area contributed by atoms with Crippen molar-refractivity contribution in [2.75, 3.05) is 0 Å². The zero-order valence-electron chi connectivity index (χ0n) is 10.7. The van der Waals surface area contributed by atoms with E-state index in [1.54, 1.807) is 12.1 Å². The molecule has 1 aromatic carbocycles. The second-order valence-corrected chi connectivity index (χ2v) is 7.43. The summed E-state index contributed by atoms with van der Waals surface area (Å²) in [5, 5.41) is 17.3. The Labute approximate surface area is 109 Å². The van der Waals surface area contributed by atoms with E-state index in [0.29, 0.717) is 0 Å². The van der Waals surface area contributed by atoms with E-state index in [9.17, 15) is 4.79 Å². The number of carboxylic acid groups (broad SMARTS) is 1. The standard InChI is InChI=1S/C7H6O3.2C3H7.Cr/c8-6-4-2-1-3-5(6)7(9)10;2*1-3-2;/h1-4,8H,(H,9,10);2*3H,1-2H3;. The molecule has 0 atom stereocenters. The van der Waals surface area contributed by atoms with Crippen LogP contribution in [-0.4, -0.2) is 16.2 Å². The Morgan fingerprint density at radius 3 is 1.82 bits per heavy atom. The Hall–Kier alpha value is -0.978. The first kappa shape index (κ1) is 16.0. The summed E-state index contributed by atoms with van der Waals surface area (Å²) in [6.45, 7) is 9.17. The maximum atomic E-state index is 10.3. The molecule has 0 fully saturated rings. The molecular weight excluding hydrogens is 256 g/mol. The zero-order chi connectivity index (χ0) is 13.4. The van der Waals surface area contributed by atoms with Crippen LogP contribution in [0.5, 0.6) is 5.75 Å².